The lowest BCUT2D eigenvalue weighted by molar-refractivity contribution is 0.531. The monoisotopic (exact) mass is 336 g/mol. The van der Waals surface area contributed by atoms with Gasteiger partial charge in [0.2, 0.25) is 0 Å². The maximum atomic E-state index is 2.47. The molecule has 24 heavy (non-hydrogen) atoms. The summed E-state index contributed by atoms with van der Waals surface area (Å²) in [5, 5.41) is 0. The van der Waals surface area contributed by atoms with Gasteiger partial charge in [0.25, 0.3) is 0 Å². The van der Waals surface area contributed by atoms with E-state index in [0.29, 0.717) is 0 Å². The number of unbranched alkanes of at least 4 members (excludes halogenated alkanes) is 15. The van der Waals surface area contributed by atoms with Crippen molar-refractivity contribution < 1.29 is 0 Å². The smallest absolute Gasteiger partial charge is 0.0262 e. The summed E-state index contributed by atoms with van der Waals surface area (Å²) in [5.74, 6) is 0.791. The maximum absolute atomic E-state index is 2.47. The van der Waals surface area contributed by atoms with Crippen molar-refractivity contribution in [3.05, 3.63) is 12.2 Å². The second-order valence-corrected chi connectivity index (χ2v) is 7.93. The topological polar surface area (TPSA) is 0 Å². The highest BCUT2D eigenvalue weighted by molar-refractivity contribution is 4.86. The summed E-state index contributed by atoms with van der Waals surface area (Å²) in [5.41, 5.74) is 0. The van der Waals surface area contributed by atoms with Gasteiger partial charge >= 0.3 is 0 Å². The van der Waals surface area contributed by atoms with Crippen molar-refractivity contribution >= 4 is 0 Å². The zero-order chi connectivity index (χ0) is 17.7. The average Bonchev–Trinajstić information content (AvgIpc) is 2.59. The molecule has 0 N–H and O–H groups in total. The van der Waals surface area contributed by atoms with Gasteiger partial charge in [0.15, 0.2) is 0 Å². The summed E-state index contributed by atoms with van der Waals surface area (Å²) in [6.07, 6.45) is 30.6. The third-order valence-corrected chi connectivity index (χ3v) is 5.20. The lowest BCUT2D eigenvalue weighted by Gasteiger charge is -2.06. The van der Waals surface area contributed by atoms with E-state index in [1.165, 1.54) is 116 Å². The van der Waals surface area contributed by atoms with E-state index in [-0.39, 0.29) is 0 Å². The zero-order valence-corrected chi connectivity index (χ0v) is 17.5. The van der Waals surface area contributed by atoms with Crippen molar-refractivity contribution in [2.75, 3.05) is 0 Å². The molecule has 0 radical (unpaired) electrons. The molecule has 1 atom stereocenters. The fourth-order valence-electron chi connectivity index (χ4n) is 3.42. The van der Waals surface area contributed by atoms with Crippen LogP contribution in [0.3, 0.4) is 0 Å². The van der Waals surface area contributed by atoms with Crippen molar-refractivity contribution in [1.29, 1.82) is 0 Å². The van der Waals surface area contributed by atoms with Gasteiger partial charge in [-0.15, -0.1) is 0 Å². The van der Waals surface area contributed by atoms with Gasteiger partial charge in [0, 0.05) is 0 Å². The third-order valence-electron chi connectivity index (χ3n) is 5.20. The largest absolute Gasteiger partial charge is 0.0883 e. The van der Waals surface area contributed by atoms with Crippen LogP contribution < -0.4 is 0 Å². The molecule has 0 rings (SSSR count). The molecule has 0 aromatic carbocycles. The maximum Gasteiger partial charge on any atom is -0.0262 e. The van der Waals surface area contributed by atoms with Gasteiger partial charge in [0.05, 0.1) is 0 Å². The Hall–Kier alpha value is -0.260. The predicted octanol–water partition coefficient (Wildman–Crippen LogP) is 9.24. The fourth-order valence-corrected chi connectivity index (χ4v) is 3.42. The molecule has 0 aliphatic carbocycles. The first-order valence-corrected chi connectivity index (χ1v) is 11.5. The Morgan fingerprint density at radius 2 is 0.958 bits per heavy atom. The Kier molecular flexibility index (Phi) is 20.6. The molecule has 0 spiro atoms. The van der Waals surface area contributed by atoms with Crippen molar-refractivity contribution in [2.45, 2.75) is 136 Å². The van der Waals surface area contributed by atoms with E-state index < -0.39 is 0 Å². The van der Waals surface area contributed by atoms with Gasteiger partial charge in [-0.2, -0.15) is 0 Å². The molecular weight excluding hydrogens is 288 g/mol. The number of allylic oxidation sites excluding steroid dienone is 2. The van der Waals surface area contributed by atoms with Crippen molar-refractivity contribution in [2.24, 2.45) is 5.92 Å². The van der Waals surface area contributed by atoms with Crippen LogP contribution in [0.2, 0.25) is 0 Å². The number of hydrogen-bond donors (Lipinski definition) is 0. The van der Waals surface area contributed by atoms with Gasteiger partial charge < -0.3 is 0 Å². The van der Waals surface area contributed by atoms with Crippen LogP contribution in [-0.2, 0) is 0 Å². The second-order valence-electron chi connectivity index (χ2n) is 7.93. The van der Waals surface area contributed by atoms with Crippen LogP contribution in [0.4, 0.5) is 0 Å². The van der Waals surface area contributed by atoms with Gasteiger partial charge in [-0.3, -0.25) is 0 Å². The van der Waals surface area contributed by atoms with Crippen molar-refractivity contribution in [3.63, 3.8) is 0 Å². The summed E-state index contributed by atoms with van der Waals surface area (Å²) in [4.78, 5) is 0. The van der Waals surface area contributed by atoms with Crippen LogP contribution in [0, 0.1) is 5.92 Å². The molecule has 0 nitrogen and oxygen atoms in total. The van der Waals surface area contributed by atoms with E-state index in [4.69, 9.17) is 0 Å². The molecule has 0 aliphatic rings. The second kappa shape index (κ2) is 20.8. The summed E-state index contributed by atoms with van der Waals surface area (Å²) >= 11 is 0. The van der Waals surface area contributed by atoms with Crippen LogP contribution in [0.15, 0.2) is 12.2 Å². The van der Waals surface area contributed by atoms with E-state index in [0.717, 1.165) is 5.92 Å². The minimum absolute atomic E-state index is 0.791. The fraction of sp³-hybridized carbons (Fsp3) is 0.917. The Labute approximate surface area is 154 Å². The van der Waals surface area contributed by atoms with Gasteiger partial charge in [-0.1, -0.05) is 129 Å². The number of hydrogen-bond acceptors (Lipinski definition) is 0. The van der Waals surface area contributed by atoms with Gasteiger partial charge in [-0.25, -0.2) is 0 Å². The highest BCUT2D eigenvalue weighted by Gasteiger charge is 1.97. The molecule has 0 aliphatic heterocycles. The van der Waals surface area contributed by atoms with E-state index in [9.17, 15) is 0 Å². The Balaban J connectivity index is 3.23. The summed E-state index contributed by atoms with van der Waals surface area (Å²) in [6.45, 7) is 6.98. The Morgan fingerprint density at radius 1 is 0.542 bits per heavy atom. The third kappa shape index (κ3) is 19.8. The molecule has 0 aromatic rings. The first-order valence-electron chi connectivity index (χ1n) is 11.5. The Morgan fingerprint density at radius 3 is 1.46 bits per heavy atom. The molecule has 0 aromatic heterocycles. The van der Waals surface area contributed by atoms with E-state index in [1.807, 2.05) is 0 Å². The molecular formula is C24H48. The van der Waals surface area contributed by atoms with E-state index in [1.54, 1.807) is 0 Å². The normalized spacial score (nSPS) is 13.0. The molecule has 0 heteroatoms. The van der Waals surface area contributed by atoms with Gasteiger partial charge in [-0.05, 0) is 25.2 Å². The standard InChI is InChI=1S/C24H48/c1-4-6-8-10-12-14-15-17-19-21-23-24(3)22-20-18-16-13-11-9-7-5-2/h21,23-24H,4-20,22H2,1-3H3/b23-21+. The minimum atomic E-state index is 0.791. The molecule has 0 saturated heterocycles. The molecule has 0 saturated carbocycles. The van der Waals surface area contributed by atoms with Gasteiger partial charge in [0.1, 0.15) is 0 Å². The highest BCUT2D eigenvalue weighted by Crippen LogP contribution is 2.15. The molecule has 0 amide bonds. The molecule has 0 bridgehead atoms. The van der Waals surface area contributed by atoms with Crippen LogP contribution >= 0.6 is 0 Å². The van der Waals surface area contributed by atoms with Crippen molar-refractivity contribution in [1.82, 2.24) is 0 Å². The first-order chi connectivity index (χ1) is 11.8. The number of rotatable bonds is 19. The minimum Gasteiger partial charge on any atom is -0.0883 e. The quantitative estimate of drug-likeness (QED) is 0.163. The van der Waals surface area contributed by atoms with Crippen molar-refractivity contribution in [3.8, 4) is 0 Å². The van der Waals surface area contributed by atoms with E-state index >= 15 is 0 Å². The first kappa shape index (κ1) is 23.7. The highest BCUT2D eigenvalue weighted by atomic mass is 14.0. The lowest BCUT2D eigenvalue weighted by Crippen LogP contribution is -1.90. The molecule has 0 fully saturated rings. The van der Waals surface area contributed by atoms with Crippen LogP contribution in [0.25, 0.3) is 0 Å². The molecule has 1 unspecified atom stereocenters. The van der Waals surface area contributed by atoms with Crippen LogP contribution in [-0.4, -0.2) is 0 Å². The molecule has 0 heterocycles. The van der Waals surface area contributed by atoms with Crippen LogP contribution in [0.5, 0.6) is 0 Å². The predicted molar refractivity (Wildman–Crippen MR) is 113 cm³/mol. The molecule has 144 valence electrons. The summed E-state index contributed by atoms with van der Waals surface area (Å²) in [7, 11) is 0. The summed E-state index contributed by atoms with van der Waals surface area (Å²) < 4.78 is 0. The lowest BCUT2D eigenvalue weighted by atomic mass is 10.0. The average molecular weight is 337 g/mol. The van der Waals surface area contributed by atoms with Crippen LogP contribution in [0.1, 0.15) is 136 Å². The summed E-state index contributed by atoms with van der Waals surface area (Å²) in [6, 6.07) is 0. The Bertz CT molecular complexity index is 240. The van der Waals surface area contributed by atoms with E-state index in [2.05, 4.69) is 32.9 Å². The SMILES string of the molecule is CCCCCCCCCC/C=C/C(C)CCCCCCCCCC. The zero-order valence-electron chi connectivity index (χ0n) is 17.5.